The number of hydrogen-bond acceptors (Lipinski definition) is 3. The van der Waals surface area contributed by atoms with E-state index in [4.69, 9.17) is 0 Å². The first-order chi connectivity index (χ1) is 11.5. The van der Waals surface area contributed by atoms with Gasteiger partial charge >= 0.3 is 6.03 Å². The largest absolute Gasteiger partial charge is 0.391 e. The number of anilines is 2. The van der Waals surface area contributed by atoms with Crippen LogP contribution in [0.15, 0.2) is 12.1 Å². The van der Waals surface area contributed by atoms with Gasteiger partial charge in [-0.3, -0.25) is 0 Å². The molecule has 5 nitrogen and oxygen atoms in total. The lowest BCUT2D eigenvalue weighted by atomic mass is 10.1. The topological polar surface area (TPSA) is 55.8 Å². The van der Waals surface area contributed by atoms with Crippen LogP contribution in [0.4, 0.5) is 25.0 Å². The molecule has 1 aromatic carbocycles. The minimum Gasteiger partial charge on any atom is -0.391 e. The molecule has 2 aliphatic rings. The van der Waals surface area contributed by atoms with Crippen LogP contribution in [-0.2, 0) is 0 Å². The number of likely N-dealkylation sites (tertiary alicyclic amines) is 1. The maximum absolute atomic E-state index is 14.4. The van der Waals surface area contributed by atoms with Gasteiger partial charge in [-0.05, 0) is 44.2 Å². The van der Waals surface area contributed by atoms with Crippen LogP contribution in [-0.4, -0.2) is 48.3 Å². The fourth-order valence-corrected chi connectivity index (χ4v) is 3.40. The number of carbonyl (C=O) groups is 1. The number of nitrogens with one attached hydrogen (secondary N) is 1. The number of benzene rings is 1. The summed E-state index contributed by atoms with van der Waals surface area (Å²) in [6.45, 7) is 2.05. The SMILES string of the molecule is O=C(Nc1cc(F)c(N2CCCCC2)c(F)c1)N1CCCC(O)C1. The second-order valence-corrected chi connectivity index (χ2v) is 6.51. The van der Waals surface area contributed by atoms with Crippen molar-refractivity contribution in [1.82, 2.24) is 4.90 Å². The number of aliphatic hydroxyl groups is 1. The molecule has 0 aliphatic carbocycles. The molecule has 24 heavy (non-hydrogen) atoms. The quantitative estimate of drug-likeness (QED) is 0.871. The van der Waals surface area contributed by atoms with Crippen LogP contribution in [0.1, 0.15) is 32.1 Å². The van der Waals surface area contributed by atoms with E-state index in [1.54, 1.807) is 4.90 Å². The van der Waals surface area contributed by atoms with E-state index in [0.29, 0.717) is 32.5 Å². The predicted molar refractivity (Wildman–Crippen MR) is 88.3 cm³/mol. The zero-order valence-electron chi connectivity index (χ0n) is 13.6. The number of aliphatic hydroxyl groups excluding tert-OH is 1. The van der Waals surface area contributed by atoms with Gasteiger partial charge in [-0.25, -0.2) is 13.6 Å². The van der Waals surface area contributed by atoms with Crippen LogP contribution in [0.2, 0.25) is 0 Å². The first kappa shape index (κ1) is 17.0. The van der Waals surface area contributed by atoms with Crippen LogP contribution in [0, 0.1) is 11.6 Å². The maximum atomic E-state index is 14.4. The van der Waals surface area contributed by atoms with E-state index in [9.17, 15) is 18.7 Å². The van der Waals surface area contributed by atoms with Crippen LogP contribution < -0.4 is 10.2 Å². The van der Waals surface area contributed by atoms with Crippen molar-refractivity contribution in [2.75, 3.05) is 36.4 Å². The van der Waals surface area contributed by atoms with Gasteiger partial charge in [0.2, 0.25) is 0 Å². The fraction of sp³-hybridized carbons (Fsp3) is 0.588. The Hall–Kier alpha value is -1.89. The molecule has 7 heteroatoms. The van der Waals surface area contributed by atoms with Crippen molar-refractivity contribution in [2.45, 2.75) is 38.2 Å². The normalized spacial score (nSPS) is 21.7. The number of urea groups is 1. The number of rotatable bonds is 2. The third kappa shape index (κ3) is 3.77. The Labute approximate surface area is 140 Å². The molecule has 2 heterocycles. The molecule has 1 aromatic rings. The second kappa shape index (κ2) is 7.34. The number of amides is 2. The van der Waals surface area contributed by atoms with Crippen LogP contribution in [0.3, 0.4) is 0 Å². The van der Waals surface area contributed by atoms with Crippen LogP contribution in [0.25, 0.3) is 0 Å². The molecule has 0 saturated carbocycles. The Morgan fingerprint density at radius 2 is 1.75 bits per heavy atom. The molecule has 2 fully saturated rings. The minimum absolute atomic E-state index is 0.0129. The van der Waals surface area contributed by atoms with E-state index in [-0.39, 0.29) is 17.9 Å². The highest BCUT2D eigenvalue weighted by molar-refractivity contribution is 5.89. The van der Waals surface area contributed by atoms with Crippen LogP contribution in [0.5, 0.6) is 0 Å². The molecular formula is C17H23F2N3O2. The Bertz CT molecular complexity index is 582. The molecule has 0 aromatic heterocycles. The lowest BCUT2D eigenvalue weighted by molar-refractivity contribution is 0.0883. The Balaban J connectivity index is 1.71. The summed E-state index contributed by atoms with van der Waals surface area (Å²) in [6, 6.07) is 1.87. The summed E-state index contributed by atoms with van der Waals surface area (Å²) in [4.78, 5) is 15.4. The summed E-state index contributed by atoms with van der Waals surface area (Å²) in [7, 11) is 0. The van der Waals surface area contributed by atoms with Gasteiger partial charge < -0.3 is 20.2 Å². The summed E-state index contributed by atoms with van der Waals surface area (Å²) in [5.74, 6) is -1.32. The monoisotopic (exact) mass is 339 g/mol. The van der Waals surface area contributed by atoms with Crippen molar-refractivity contribution in [1.29, 1.82) is 0 Å². The average molecular weight is 339 g/mol. The standard InChI is InChI=1S/C17H23F2N3O2/c18-14-9-12(20-17(24)22-8-4-5-13(23)11-22)10-15(19)16(14)21-6-2-1-3-7-21/h9-10,13,23H,1-8,11H2,(H,20,24). The first-order valence-corrected chi connectivity index (χ1v) is 8.52. The zero-order valence-corrected chi connectivity index (χ0v) is 13.6. The molecule has 2 N–H and O–H groups in total. The molecule has 0 bridgehead atoms. The summed E-state index contributed by atoms with van der Waals surface area (Å²) in [5, 5.41) is 12.1. The molecule has 132 valence electrons. The number of nitrogens with zero attached hydrogens (tertiary/aromatic N) is 2. The number of β-amino-alcohol motifs (C(OH)–C–C–N with tert-alkyl or cyclic N) is 1. The maximum Gasteiger partial charge on any atom is 0.321 e. The fourth-order valence-electron chi connectivity index (χ4n) is 3.40. The molecule has 2 saturated heterocycles. The molecular weight excluding hydrogens is 316 g/mol. The molecule has 0 spiro atoms. The molecule has 3 rings (SSSR count). The summed E-state index contributed by atoms with van der Waals surface area (Å²) in [6.07, 6.45) is 3.77. The van der Waals surface area contributed by atoms with Gasteiger partial charge in [0.25, 0.3) is 0 Å². The Kier molecular flexibility index (Phi) is 5.18. The smallest absolute Gasteiger partial charge is 0.321 e. The van der Waals surface area contributed by atoms with E-state index >= 15 is 0 Å². The van der Waals surface area contributed by atoms with Gasteiger partial charge in [0.15, 0.2) is 11.6 Å². The Morgan fingerprint density at radius 1 is 1.08 bits per heavy atom. The summed E-state index contributed by atoms with van der Waals surface area (Å²) >= 11 is 0. The van der Waals surface area contributed by atoms with E-state index in [2.05, 4.69) is 5.32 Å². The Morgan fingerprint density at radius 3 is 2.38 bits per heavy atom. The highest BCUT2D eigenvalue weighted by atomic mass is 19.1. The van der Waals surface area contributed by atoms with E-state index in [0.717, 1.165) is 31.4 Å². The first-order valence-electron chi connectivity index (χ1n) is 8.52. The van der Waals surface area contributed by atoms with Crippen LogP contribution >= 0.6 is 0 Å². The molecule has 2 amide bonds. The molecule has 0 radical (unpaired) electrons. The van der Waals surface area contributed by atoms with Gasteiger partial charge in [-0.15, -0.1) is 0 Å². The third-order valence-electron chi connectivity index (χ3n) is 4.62. The minimum atomic E-state index is -0.661. The number of carbonyl (C=O) groups excluding carboxylic acids is 1. The van der Waals surface area contributed by atoms with E-state index in [1.165, 1.54) is 4.90 Å². The van der Waals surface area contributed by atoms with Gasteiger partial charge in [-0.1, -0.05) is 0 Å². The predicted octanol–water partition coefficient (Wildman–Crippen LogP) is 2.94. The van der Waals surface area contributed by atoms with Gasteiger partial charge in [0.05, 0.1) is 6.10 Å². The number of hydrogen-bond donors (Lipinski definition) is 2. The van der Waals surface area contributed by atoms with E-state index in [1.807, 2.05) is 0 Å². The van der Waals surface area contributed by atoms with Crippen molar-refractivity contribution in [2.24, 2.45) is 0 Å². The van der Waals surface area contributed by atoms with Crippen molar-refractivity contribution >= 4 is 17.4 Å². The van der Waals surface area contributed by atoms with Gasteiger partial charge in [-0.2, -0.15) is 0 Å². The molecule has 2 aliphatic heterocycles. The van der Waals surface area contributed by atoms with Crippen molar-refractivity contribution in [3.8, 4) is 0 Å². The zero-order chi connectivity index (χ0) is 17.1. The highest BCUT2D eigenvalue weighted by Crippen LogP contribution is 2.29. The van der Waals surface area contributed by atoms with E-state index < -0.39 is 23.8 Å². The van der Waals surface area contributed by atoms with Gasteiger partial charge in [0.1, 0.15) is 5.69 Å². The third-order valence-corrected chi connectivity index (χ3v) is 4.62. The van der Waals surface area contributed by atoms with Crippen molar-refractivity contribution in [3.63, 3.8) is 0 Å². The van der Waals surface area contributed by atoms with Gasteiger partial charge in [0, 0.05) is 31.9 Å². The second-order valence-electron chi connectivity index (χ2n) is 6.51. The summed E-state index contributed by atoms with van der Waals surface area (Å²) in [5.41, 5.74) is 0.0805. The number of piperidine rings is 2. The average Bonchev–Trinajstić information content (AvgIpc) is 2.55. The lowest BCUT2D eigenvalue weighted by Gasteiger charge is -2.31. The number of halogens is 2. The highest BCUT2D eigenvalue weighted by Gasteiger charge is 2.24. The van der Waals surface area contributed by atoms with Crippen molar-refractivity contribution in [3.05, 3.63) is 23.8 Å². The molecule has 1 atom stereocenters. The van der Waals surface area contributed by atoms with Crippen molar-refractivity contribution < 1.29 is 18.7 Å². The molecule has 1 unspecified atom stereocenters. The summed E-state index contributed by atoms with van der Waals surface area (Å²) < 4.78 is 28.7. The lowest BCUT2D eigenvalue weighted by Crippen LogP contribution is -2.44.